The summed E-state index contributed by atoms with van der Waals surface area (Å²) < 4.78 is 0. The zero-order chi connectivity index (χ0) is 12.6. The molecule has 0 saturated carbocycles. The minimum Gasteiger partial charge on any atom is -0.388 e. The van der Waals surface area contributed by atoms with Crippen LogP contribution in [0.1, 0.15) is 45.1 Å². The molecule has 2 heterocycles. The average molecular weight is 254 g/mol. The molecule has 3 nitrogen and oxygen atoms in total. The Morgan fingerprint density at radius 3 is 2.71 bits per heavy atom. The Hall–Kier alpha value is -0.610. The second-order valence-electron chi connectivity index (χ2n) is 6.02. The first-order chi connectivity index (χ1) is 7.88. The number of aromatic nitrogens is 1. The van der Waals surface area contributed by atoms with Gasteiger partial charge in [-0.25, -0.2) is 4.98 Å². The summed E-state index contributed by atoms with van der Waals surface area (Å²) in [5.74, 6) is 0.737. The summed E-state index contributed by atoms with van der Waals surface area (Å²) in [5, 5.41) is 10.6. The van der Waals surface area contributed by atoms with Crippen LogP contribution < -0.4 is 4.90 Å². The standard InChI is InChI=1S/C13H22N2OS/c1-9(16)11-7-14-12(17-11)15-6-5-10(8-15)13(2,3)4/h7,9-10,16H,5-6,8H2,1-4H3. The lowest BCUT2D eigenvalue weighted by Gasteiger charge is -2.26. The molecule has 4 heteroatoms. The van der Waals surface area contributed by atoms with Gasteiger partial charge < -0.3 is 10.0 Å². The quantitative estimate of drug-likeness (QED) is 0.881. The second kappa shape index (κ2) is 4.58. The van der Waals surface area contributed by atoms with E-state index in [9.17, 15) is 5.11 Å². The molecule has 0 spiro atoms. The van der Waals surface area contributed by atoms with Crippen molar-refractivity contribution < 1.29 is 5.11 Å². The summed E-state index contributed by atoms with van der Waals surface area (Å²) in [4.78, 5) is 7.73. The van der Waals surface area contributed by atoms with E-state index in [1.54, 1.807) is 24.5 Å². The Morgan fingerprint density at radius 2 is 2.24 bits per heavy atom. The van der Waals surface area contributed by atoms with Crippen molar-refractivity contribution in [1.82, 2.24) is 4.98 Å². The van der Waals surface area contributed by atoms with Crippen LogP contribution in [-0.4, -0.2) is 23.2 Å². The van der Waals surface area contributed by atoms with Crippen molar-refractivity contribution in [3.63, 3.8) is 0 Å². The van der Waals surface area contributed by atoms with Gasteiger partial charge >= 0.3 is 0 Å². The first-order valence-electron chi connectivity index (χ1n) is 6.26. The van der Waals surface area contributed by atoms with E-state index in [-0.39, 0.29) is 0 Å². The van der Waals surface area contributed by atoms with Crippen molar-refractivity contribution in [2.24, 2.45) is 11.3 Å². The van der Waals surface area contributed by atoms with E-state index in [0.29, 0.717) is 5.41 Å². The number of aliphatic hydroxyl groups is 1. The van der Waals surface area contributed by atoms with Crippen LogP contribution in [0.15, 0.2) is 6.20 Å². The SMILES string of the molecule is CC(O)c1cnc(N2CCC(C(C)(C)C)C2)s1. The second-order valence-corrected chi connectivity index (χ2v) is 7.06. The van der Waals surface area contributed by atoms with Gasteiger partial charge in [-0.05, 0) is 24.7 Å². The topological polar surface area (TPSA) is 36.4 Å². The van der Waals surface area contributed by atoms with Gasteiger partial charge in [0.15, 0.2) is 5.13 Å². The summed E-state index contributed by atoms with van der Waals surface area (Å²) in [6, 6.07) is 0. The summed E-state index contributed by atoms with van der Waals surface area (Å²) in [6.45, 7) is 10.9. The van der Waals surface area contributed by atoms with Crippen LogP contribution in [0.5, 0.6) is 0 Å². The van der Waals surface area contributed by atoms with Crippen LogP contribution in [0.4, 0.5) is 5.13 Å². The molecule has 1 aromatic rings. The Kier molecular flexibility index (Phi) is 3.46. The molecular formula is C13H22N2OS. The van der Waals surface area contributed by atoms with E-state index >= 15 is 0 Å². The molecule has 17 heavy (non-hydrogen) atoms. The van der Waals surface area contributed by atoms with Crippen molar-refractivity contribution in [3.8, 4) is 0 Å². The molecule has 1 N–H and O–H groups in total. The van der Waals surface area contributed by atoms with Crippen LogP contribution in [-0.2, 0) is 0 Å². The highest BCUT2D eigenvalue weighted by molar-refractivity contribution is 7.15. The third-order valence-corrected chi connectivity index (χ3v) is 4.84. The predicted octanol–water partition coefficient (Wildman–Crippen LogP) is 3.07. The minimum atomic E-state index is -0.401. The Morgan fingerprint density at radius 1 is 1.53 bits per heavy atom. The predicted molar refractivity (Wildman–Crippen MR) is 72.5 cm³/mol. The lowest BCUT2D eigenvalue weighted by atomic mass is 9.80. The van der Waals surface area contributed by atoms with Gasteiger partial charge in [0.2, 0.25) is 0 Å². The zero-order valence-corrected chi connectivity index (χ0v) is 11.9. The average Bonchev–Trinajstić information content (AvgIpc) is 2.85. The van der Waals surface area contributed by atoms with Gasteiger partial charge in [0.1, 0.15) is 0 Å². The van der Waals surface area contributed by atoms with E-state index in [0.717, 1.165) is 29.0 Å². The molecule has 0 aromatic carbocycles. The summed E-state index contributed by atoms with van der Waals surface area (Å²) >= 11 is 1.62. The molecule has 2 unspecified atom stereocenters. The maximum atomic E-state index is 9.51. The monoisotopic (exact) mass is 254 g/mol. The molecule has 1 aliphatic heterocycles. The van der Waals surface area contributed by atoms with E-state index in [2.05, 4.69) is 30.7 Å². The maximum absolute atomic E-state index is 9.51. The van der Waals surface area contributed by atoms with Gasteiger partial charge in [0, 0.05) is 19.3 Å². The van der Waals surface area contributed by atoms with Crippen molar-refractivity contribution in [1.29, 1.82) is 0 Å². The van der Waals surface area contributed by atoms with Gasteiger partial charge in [-0.15, -0.1) is 0 Å². The van der Waals surface area contributed by atoms with Crippen LogP contribution in [0, 0.1) is 11.3 Å². The van der Waals surface area contributed by atoms with E-state index < -0.39 is 6.10 Å². The number of rotatable bonds is 2. The van der Waals surface area contributed by atoms with Gasteiger partial charge in [-0.3, -0.25) is 0 Å². The van der Waals surface area contributed by atoms with Crippen molar-refractivity contribution in [2.75, 3.05) is 18.0 Å². The van der Waals surface area contributed by atoms with Crippen molar-refractivity contribution in [2.45, 2.75) is 40.2 Å². The Bertz CT molecular complexity index is 381. The highest BCUT2D eigenvalue weighted by atomic mass is 32.1. The number of aliphatic hydroxyl groups excluding tert-OH is 1. The first kappa shape index (κ1) is 12.8. The van der Waals surface area contributed by atoms with Gasteiger partial charge in [0.25, 0.3) is 0 Å². The van der Waals surface area contributed by atoms with Crippen molar-refractivity contribution >= 4 is 16.5 Å². The zero-order valence-electron chi connectivity index (χ0n) is 11.1. The maximum Gasteiger partial charge on any atom is 0.185 e. The largest absolute Gasteiger partial charge is 0.388 e. The minimum absolute atomic E-state index is 0.374. The molecule has 0 bridgehead atoms. The third-order valence-electron chi connectivity index (χ3n) is 3.61. The Balaban J connectivity index is 2.05. The fourth-order valence-electron chi connectivity index (χ4n) is 2.26. The Labute approximate surface area is 107 Å². The molecule has 0 amide bonds. The lowest BCUT2D eigenvalue weighted by molar-refractivity contribution is 0.203. The molecule has 96 valence electrons. The highest BCUT2D eigenvalue weighted by Gasteiger charge is 2.32. The molecule has 1 aromatic heterocycles. The third kappa shape index (κ3) is 2.80. The number of thiazole rings is 1. The molecule has 2 atom stereocenters. The number of hydrogen-bond acceptors (Lipinski definition) is 4. The molecular weight excluding hydrogens is 232 g/mol. The molecule has 1 aliphatic rings. The number of nitrogens with zero attached hydrogens (tertiary/aromatic N) is 2. The lowest BCUT2D eigenvalue weighted by Crippen LogP contribution is -2.25. The smallest absolute Gasteiger partial charge is 0.185 e. The fraction of sp³-hybridized carbons (Fsp3) is 0.769. The highest BCUT2D eigenvalue weighted by Crippen LogP contribution is 2.37. The molecule has 0 aliphatic carbocycles. The van der Waals surface area contributed by atoms with E-state index in [4.69, 9.17) is 0 Å². The van der Waals surface area contributed by atoms with E-state index in [1.807, 2.05) is 0 Å². The number of hydrogen-bond donors (Lipinski definition) is 1. The molecule has 1 saturated heterocycles. The fourth-order valence-corrected chi connectivity index (χ4v) is 3.14. The number of anilines is 1. The van der Waals surface area contributed by atoms with Gasteiger partial charge in [-0.2, -0.15) is 0 Å². The normalized spacial score (nSPS) is 23.1. The van der Waals surface area contributed by atoms with Crippen LogP contribution in [0.25, 0.3) is 0 Å². The van der Waals surface area contributed by atoms with Crippen LogP contribution in [0.2, 0.25) is 0 Å². The van der Waals surface area contributed by atoms with Crippen molar-refractivity contribution in [3.05, 3.63) is 11.1 Å². The van der Waals surface area contributed by atoms with Crippen LogP contribution in [0.3, 0.4) is 0 Å². The molecule has 0 radical (unpaired) electrons. The summed E-state index contributed by atoms with van der Waals surface area (Å²) in [5.41, 5.74) is 0.374. The van der Waals surface area contributed by atoms with Gasteiger partial charge in [0.05, 0.1) is 11.0 Å². The van der Waals surface area contributed by atoms with Gasteiger partial charge in [-0.1, -0.05) is 32.1 Å². The molecule has 1 fully saturated rings. The molecule has 2 rings (SSSR count). The van der Waals surface area contributed by atoms with E-state index in [1.165, 1.54) is 6.42 Å². The summed E-state index contributed by atoms with van der Waals surface area (Å²) in [6.07, 6.45) is 2.64. The first-order valence-corrected chi connectivity index (χ1v) is 7.08. The van der Waals surface area contributed by atoms with Crippen LogP contribution >= 0.6 is 11.3 Å². The summed E-state index contributed by atoms with van der Waals surface area (Å²) in [7, 11) is 0.